The topological polar surface area (TPSA) is 42.0 Å². The summed E-state index contributed by atoms with van der Waals surface area (Å²) >= 11 is 1.77. The Balaban J connectivity index is 1.99. The maximum atomic E-state index is 12.8. The number of anilines is 1. The maximum absolute atomic E-state index is 12.8. The van der Waals surface area contributed by atoms with E-state index >= 15 is 0 Å². The van der Waals surface area contributed by atoms with Gasteiger partial charge in [0.05, 0.1) is 18.1 Å². The number of nitrogens with one attached hydrogen (secondary N) is 1. The molecule has 0 aromatic carbocycles. The minimum atomic E-state index is -0.436. The number of halogens is 1. The number of hydrogen-bond donors (Lipinski definition) is 1. The van der Waals surface area contributed by atoms with Gasteiger partial charge in [0.1, 0.15) is 5.82 Å². The molecule has 0 spiro atoms. The number of rotatable bonds is 2. The summed E-state index contributed by atoms with van der Waals surface area (Å²) < 4.78 is 12.8. The summed E-state index contributed by atoms with van der Waals surface area (Å²) in [7, 11) is 0. The van der Waals surface area contributed by atoms with E-state index in [-0.39, 0.29) is 11.8 Å². The highest BCUT2D eigenvalue weighted by Crippen LogP contribution is 2.24. The molecule has 0 saturated carbocycles. The quantitative estimate of drug-likeness (QED) is 0.837. The van der Waals surface area contributed by atoms with Crippen LogP contribution in [0, 0.1) is 11.7 Å². The van der Waals surface area contributed by atoms with Gasteiger partial charge in [-0.2, -0.15) is 11.8 Å². The predicted octanol–water partition coefficient (Wildman–Crippen LogP) is 1.91. The zero-order valence-electron chi connectivity index (χ0n) is 8.07. The predicted molar refractivity (Wildman–Crippen MR) is 58.3 cm³/mol. The highest BCUT2D eigenvalue weighted by Gasteiger charge is 2.23. The van der Waals surface area contributed by atoms with Crippen molar-refractivity contribution in [2.24, 2.45) is 5.92 Å². The number of carbonyl (C=O) groups excluding carboxylic acids is 1. The van der Waals surface area contributed by atoms with Crippen molar-refractivity contribution in [3.63, 3.8) is 0 Å². The summed E-state index contributed by atoms with van der Waals surface area (Å²) in [6.45, 7) is 0. The Morgan fingerprint density at radius 3 is 3.13 bits per heavy atom. The summed E-state index contributed by atoms with van der Waals surface area (Å²) in [5, 5.41) is 2.67. The molecular weight excluding hydrogens is 215 g/mol. The summed E-state index contributed by atoms with van der Waals surface area (Å²) in [4.78, 5) is 15.3. The lowest BCUT2D eigenvalue weighted by molar-refractivity contribution is -0.119. The Morgan fingerprint density at radius 1 is 1.60 bits per heavy atom. The van der Waals surface area contributed by atoms with E-state index in [1.807, 2.05) is 0 Å². The third-order valence-corrected chi connectivity index (χ3v) is 3.44. The molecule has 5 heteroatoms. The van der Waals surface area contributed by atoms with Crippen LogP contribution in [0.25, 0.3) is 0 Å². The monoisotopic (exact) mass is 226 g/mol. The summed E-state index contributed by atoms with van der Waals surface area (Å²) in [5.41, 5.74) is 0.428. The number of thioether (sulfide) groups is 1. The Kier molecular flexibility index (Phi) is 3.20. The molecule has 1 atom stereocenters. The van der Waals surface area contributed by atoms with Crippen molar-refractivity contribution < 1.29 is 9.18 Å². The number of hydrogen-bond acceptors (Lipinski definition) is 3. The lowest BCUT2D eigenvalue weighted by Gasteiger charge is -2.09. The number of aromatic nitrogens is 1. The van der Waals surface area contributed by atoms with Gasteiger partial charge in [-0.3, -0.25) is 9.78 Å². The van der Waals surface area contributed by atoms with E-state index in [2.05, 4.69) is 10.3 Å². The zero-order valence-corrected chi connectivity index (χ0v) is 8.89. The second-order valence-corrected chi connectivity index (χ2v) is 4.59. The van der Waals surface area contributed by atoms with Crippen LogP contribution in [0.2, 0.25) is 0 Å². The molecule has 2 heterocycles. The molecule has 2 rings (SSSR count). The smallest absolute Gasteiger partial charge is 0.228 e. The molecule has 1 saturated heterocycles. The van der Waals surface area contributed by atoms with E-state index in [0.29, 0.717) is 5.69 Å². The van der Waals surface area contributed by atoms with Crippen molar-refractivity contribution in [1.29, 1.82) is 0 Å². The average molecular weight is 226 g/mol. The van der Waals surface area contributed by atoms with Crippen LogP contribution in [0.3, 0.4) is 0 Å². The van der Waals surface area contributed by atoms with E-state index < -0.39 is 5.82 Å². The molecule has 0 aliphatic carbocycles. The molecule has 1 aromatic heterocycles. The molecule has 1 aromatic rings. The molecule has 1 amide bonds. The molecule has 1 N–H and O–H groups in total. The average Bonchev–Trinajstić information content (AvgIpc) is 2.70. The lowest BCUT2D eigenvalue weighted by atomic mass is 10.1. The van der Waals surface area contributed by atoms with Gasteiger partial charge in [0, 0.05) is 17.7 Å². The maximum Gasteiger partial charge on any atom is 0.228 e. The van der Waals surface area contributed by atoms with Crippen molar-refractivity contribution in [3.8, 4) is 0 Å². The molecule has 3 nitrogen and oxygen atoms in total. The van der Waals surface area contributed by atoms with Crippen molar-refractivity contribution in [3.05, 3.63) is 24.3 Å². The van der Waals surface area contributed by atoms with Crippen LogP contribution in [0.4, 0.5) is 10.1 Å². The molecule has 1 fully saturated rings. The van der Waals surface area contributed by atoms with Gasteiger partial charge in [-0.25, -0.2) is 4.39 Å². The summed E-state index contributed by atoms with van der Waals surface area (Å²) in [6.07, 6.45) is 3.46. The van der Waals surface area contributed by atoms with Gasteiger partial charge in [-0.15, -0.1) is 0 Å². The molecule has 1 aliphatic rings. The van der Waals surface area contributed by atoms with Gasteiger partial charge in [0.2, 0.25) is 5.91 Å². The first-order valence-electron chi connectivity index (χ1n) is 4.75. The fourth-order valence-electron chi connectivity index (χ4n) is 1.47. The van der Waals surface area contributed by atoms with Crippen molar-refractivity contribution in [1.82, 2.24) is 4.98 Å². The van der Waals surface area contributed by atoms with E-state index in [9.17, 15) is 9.18 Å². The number of carbonyl (C=O) groups is 1. The van der Waals surface area contributed by atoms with Gasteiger partial charge in [-0.05, 0) is 12.2 Å². The second kappa shape index (κ2) is 4.61. The Hall–Kier alpha value is -1.10. The first-order valence-corrected chi connectivity index (χ1v) is 5.90. The third kappa shape index (κ3) is 2.68. The van der Waals surface area contributed by atoms with E-state index in [4.69, 9.17) is 0 Å². The Labute approximate surface area is 91.5 Å². The van der Waals surface area contributed by atoms with E-state index in [1.54, 1.807) is 11.8 Å². The molecule has 1 aliphatic heterocycles. The largest absolute Gasteiger partial charge is 0.324 e. The van der Waals surface area contributed by atoms with Crippen LogP contribution in [0.15, 0.2) is 18.5 Å². The van der Waals surface area contributed by atoms with Crippen molar-refractivity contribution >= 4 is 23.4 Å². The van der Waals surface area contributed by atoms with Crippen molar-refractivity contribution in [2.45, 2.75) is 6.42 Å². The van der Waals surface area contributed by atoms with Crippen LogP contribution < -0.4 is 5.32 Å². The SMILES string of the molecule is O=C(Nc1cncc(F)c1)[C@@H]1CCSC1. The molecule has 80 valence electrons. The van der Waals surface area contributed by atoms with E-state index in [0.717, 1.165) is 24.1 Å². The van der Waals surface area contributed by atoms with Crippen LogP contribution in [0.1, 0.15) is 6.42 Å². The fraction of sp³-hybridized carbons (Fsp3) is 0.400. The molecule has 0 radical (unpaired) electrons. The van der Waals surface area contributed by atoms with E-state index in [1.165, 1.54) is 12.3 Å². The van der Waals surface area contributed by atoms with Gasteiger partial charge in [-0.1, -0.05) is 0 Å². The molecule has 15 heavy (non-hydrogen) atoms. The zero-order chi connectivity index (χ0) is 10.7. The standard InChI is InChI=1S/C10H11FN2OS/c11-8-3-9(5-12-4-8)13-10(14)7-1-2-15-6-7/h3-5,7H,1-2,6H2,(H,13,14)/t7-/m1/s1. The van der Waals surface area contributed by atoms with Crippen LogP contribution >= 0.6 is 11.8 Å². The molecule has 0 unspecified atom stereocenters. The highest BCUT2D eigenvalue weighted by atomic mass is 32.2. The first kappa shape index (κ1) is 10.4. The van der Waals surface area contributed by atoms with Crippen LogP contribution in [-0.2, 0) is 4.79 Å². The Bertz CT molecular complexity index is 366. The van der Waals surface area contributed by atoms with Gasteiger partial charge >= 0.3 is 0 Å². The molecular formula is C10H11FN2OS. The second-order valence-electron chi connectivity index (χ2n) is 3.44. The minimum Gasteiger partial charge on any atom is -0.324 e. The van der Waals surface area contributed by atoms with Crippen molar-refractivity contribution in [2.75, 3.05) is 16.8 Å². The van der Waals surface area contributed by atoms with Gasteiger partial charge < -0.3 is 5.32 Å². The summed E-state index contributed by atoms with van der Waals surface area (Å²) in [6, 6.07) is 1.27. The first-order chi connectivity index (χ1) is 7.25. The number of nitrogens with zero attached hydrogens (tertiary/aromatic N) is 1. The van der Waals surface area contributed by atoms with Gasteiger partial charge in [0.15, 0.2) is 0 Å². The normalized spacial score (nSPS) is 20.2. The number of amides is 1. The lowest BCUT2D eigenvalue weighted by Crippen LogP contribution is -2.22. The third-order valence-electron chi connectivity index (χ3n) is 2.27. The Morgan fingerprint density at radius 2 is 2.47 bits per heavy atom. The summed E-state index contributed by atoms with van der Waals surface area (Å²) in [5.74, 6) is 1.47. The van der Waals surface area contributed by atoms with Crippen LogP contribution in [-0.4, -0.2) is 22.4 Å². The minimum absolute atomic E-state index is 0.0348. The number of pyridine rings is 1. The fourth-order valence-corrected chi connectivity index (χ4v) is 2.69. The highest BCUT2D eigenvalue weighted by molar-refractivity contribution is 7.99. The van der Waals surface area contributed by atoms with Crippen LogP contribution in [0.5, 0.6) is 0 Å². The van der Waals surface area contributed by atoms with Gasteiger partial charge in [0.25, 0.3) is 0 Å². The molecule has 0 bridgehead atoms.